The van der Waals surface area contributed by atoms with Crippen molar-refractivity contribution in [2.24, 2.45) is 5.41 Å². The highest BCUT2D eigenvalue weighted by Gasteiger charge is 2.12. The highest BCUT2D eigenvalue weighted by Crippen LogP contribution is 2.34. The minimum atomic E-state index is 0.386. The van der Waals surface area contributed by atoms with Crippen molar-refractivity contribution < 1.29 is 0 Å². The Morgan fingerprint density at radius 1 is 0.905 bits per heavy atom. The van der Waals surface area contributed by atoms with Gasteiger partial charge >= 0.3 is 0 Å². The molecule has 21 heavy (non-hydrogen) atoms. The maximum absolute atomic E-state index is 2.31. The molecule has 0 saturated carbocycles. The summed E-state index contributed by atoms with van der Waals surface area (Å²) in [6.45, 7) is 11.3. The van der Waals surface area contributed by atoms with Crippen LogP contribution in [0.15, 0.2) is 52.3 Å². The van der Waals surface area contributed by atoms with Crippen LogP contribution in [0.1, 0.15) is 43.9 Å². The average Bonchev–Trinajstić information content (AvgIpc) is 2.40. The molecule has 0 radical (unpaired) electrons. The third-order valence-corrected chi connectivity index (χ3v) is 4.96. The van der Waals surface area contributed by atoms with Gasteiger partial charge in [0.05, 0.1) is 0 Å². The van der Waals surface area contributed by atoms with E-state index in [0.29, 0.717) is 5.41 Å². The summed E-state index contributed by atoms with van der Waals surface area (Å²) in [7, 11) is 0. The second-order valence-electron chi connectivity index (χ2n) is 7.04. The Bertz CT molecular complexity index is 605. The third-order valence-electron chi connectivity index (χ3n) is 3.67. The van der Waals surface area contributed by atoms with Crippen LogP contribution in [0, 0.1) is 19.3 Å². The van der Waals surface area contributed by atoms with E-state index in [0.717, 1.165) is 6.42 Å². The minimum absolute atomic E-state index is 0.386. The van der Waals surface area contributed by atoms with E-state index in [-0.39, 0.29) is 0 Å². The van der Waals surface area contributed by atoms with Gasteiger partial charge in [0.25, 0.3) is 0 Å². The van der Waals surface area contributed by atoms with Crippen molar-refractivity contribution in [1.82, 2.24) is 0 Å². The Morgan fingerprint density at radius 2 is 1.62 bits per heavy atom. The molecule has 0 amide bonds. The number of benzene rings is 2. The summed E-state index contributed by atoms with van der Waals surface area (Å²) in [6, 6.07) is 15.5. The molecule has 2 aromatic rings. The van der Waals surface area contributed by atoms with Crippen LogP contribution in [0.2, 0.25) is 0 Å². The lowest BCUT2D eigenvalue weighted by Gasteiger charge is -2.19. The molecule has 0 nitrogen and oxygen atoms in total. The smallest absolute Gasteiger partial charge is 0.0154 e. The van der Waals surface area contributed by atoms with Crippen LogP contribution < -0.4 is 0 Å². The highest BCUT2D eigenvalue weighted by atomic mass is 32.2. The number of hydrogen-bond donors (Lipinski definition) is 0. The zero-order valence-corrected chi connectivity index (χ0v) is 14.7. The summed E-state index contributed by atoms with van der Waals surface area (Å²) in [5.74, 6) is 0. The molecule has 0 aliphatic rings. The molecule has 2 aromatic carbocycles. The van der Waals surface area contributed by atoms with Gasteiger partial charge in [0.2, 0.25) is 0 Å². The van der Waals surface area contributed by atoms with Crippen molar-refractivity contribution in [2.75, 3.05) is 0 Å². The van der Waals surface area contributed by atoms with Crippen LogP contribution in [0.3, 0.4) is 0 Å². The van der Waals surface area contributed by atoms with Crippen LogP contribution in [-0.2, 0) is 6.42 Å². The molecule has 0 aromatic heterocycles. The van der Waals surface area contributed by atoms with E-state index >= 15 is 0 Å². The van der Waals surface area contributed by atoms with Gasteiger partial charge in [0, 0.05) is 9.79 Å². The topological polar surface area (TPSA) is 0 Å². The zero-order chi connectivity index (χ0) is 15.5. The average molecular weight is 298 g/mol. The van der Waals surface area contributed by atoms with Gasteiger partial charge in [-0.1, -0.05) is 68.4 Å². The molecule has 0 bridgehead atoms. The van der Waals surface area contributed by atoms with Crippen LogP contribution in [-0.4, -0.2) is 0 Å². The quantitative estimate of drug-likeness (QED) is 0.626. The summed E-state index contributed by atoms with van der Waals surface area (Å²) < 4.78 is 0. The number of hydrogen-bond acceptors (Lipinski definition) is 1. The van der Waals surface area contributed by atoms with Crippen molar-refractivity contribution in [2.45, 2.75) is 57.3 Å². The van der Waals surface area contributed by atoms with Crippen molar-refractivity contribution in [3.63, 3.8) is 0 Å². The Hall–Kier alpha value is -1.21. The fourth-order valence-corrected chi connectivity index (χ4v) is 3.39. The second-order valence-corrected chi connectivity index (χ2v) is 8.12. The third kappa shape index (κ3) is 4.93. The van der Waals surface area contributed by atoms with E-state index in [9.17, 15) is 0 Å². The van der Waals surface area contributed by atoms with E-state index in [1.165, 1.54) is 32.9 Å². The van der Waals surface area contributed by atoms with Crippen molar-refractivity contribution in [3.05, 3.63) is 59.2 Å². The molecule has 2 rings (SSSR count). The molecular formula is C20H26S. The first-order valence-electron chi connectivity index (χ1n) is 7.68. The van der Waals surface area contributed by atoms with Gasteiger partial charge in [-0.3, -0.25) is 0 Å². The van der Waals surface area contributed by atoms with Gasteiger partial charge in [-0.2, -0.15) is 0 Å². The summed E-state index contributed by atoms with van der Waals surface area (Å²) in [4.78, 5) is 2.76. The fraction of sp³-hybridized carbons (Fsp3) is 0.400. The Balaban J connectivity index is 2.20. The van der Waals surface area contributed by atoms with E-state index < -0.39 is 0 Å². The number of aryl methyl sites for hydroxylation is 3. The molecule has 1 heteroatoms. The largest absolute Gasteiger partial charge is 0.0895 e. The van der Waals surface area contributed by atoms with Crippen LogP contribution >= 0.6 is 11.8 Å². The molecule has 0 saturated heterocycles. The van der Waals surface area contributed by atoms with E-state index in [1.807, 2.05) is 11.8 Å². The van der Waals surface area contributed by atoms with E-state index in [2.05, 4.69) is 77.1 Å². The molecule has 112 valence electrons. The molecule has 0 spiro atoms. The molecule has 0 atom stereocenters. The van der Waals surface area contributed by atoms with E-state index in [4.69, 9.17) is 0 Å². The first kappa shape index (κ1) is 16.2. The fourth-order valence-electron chi connectivity index (χ4n) is 2.35. The summed E-state index contributed by atoms with van der Waals surface area (Å²) in [5.41, 5.74) is 4.55. The molecule has 0 aliphatic carbocycles. The monoisotopic (exact) mass is 298 g/mol. The van der Waals surface area contributed by atoms with Crippen molar-refractivity contribution >= 4 is 11.8 Å². The van der Waals surface area contributed by atoms with Gasteiger partial charge in [-0.15, -0.1) is 0 Å². The normalized spacial score (nSPS) is 11.7. The lowest BCUT2D eigenvalue weighted by molar-refractivity contribution is 0.377. The van der Waals surface area contributed by atoms with Gasteiger partial charge in [-0.25, -0.2) is 0 Å². The maximum atomic E-state index is 2.31. The number of rotatable bonds is 4. The predicted molar refractivity (Wildman–Crippen MR) is 94.3 cm³/mol. The zero-order valence-electron chi connectivity index (χ0n) is 13.9. The summed E-state index contributed by atoms with van der Waals surface area (Å²) >= 11 is 1.90. The SMILES string of the molecule is Cc1ccc(Sc2ccccc2CCC(C)(C)C)c(C)c1. The molecule has 0 fully saturated rings. The molecule has 0 heterocycles. The Labute approximate surface area is 134 Å². The predicted octanol–water partition coefficient (Wildman–Crippen LogP) is 6.43. The Morgan fingerprint density at radius 3 is 2.29 bits per heavy atom. The van der Waals surface area contributed by atoms with Crippen molar-refractivity contribution in [3.8, 4) is 0 Å². The molecular weight excluding hydrogens is 272 g/mol. The standard InChI is InChI=1S/C20H26S/c1-15-10-11-18(16(2)14-15)21-19-9-7-6-8-17(19)12-13-20(3,4)5/h6-11,14H,12-13H2,1-5H3. The Kier molecular flexibility index (Phi) is 5.16. The van der Waals surface area contributed by atoms with Gasteiger partial charge in [0.15, 0.2) is 0 Å². The first-order chi connectivity index (χ1) is 9.85. The first-order valence-corrected chi connectivity index (χ1v) is 8.50. The molecule has 0 N–H and O–H groups in total. The summed E-state index contributed by atoms with van der Waals surface area (Å²) in [5, 5.41) is 0. The van der Waals surface area contributed by atoms with Crippen LogP contribution in [0.5, 0.6) is 0 Å². The van der Waals surface area contributed by atoms with E-state index in [1.54, 1.807) is 0 Å². The van der Waals surface area contributed by atoms with Crippen molar-refractivity contribution in [1.29, 1.82) is 0 Å². The molecule has 0 unspecified atom stereocenters. The molecule has 0 aliphatic heterocycles. The second kappa shape index (κ2) is 6.70. The van der Waals surface area contributed by atoms with Gasteiger partial charge < -0.3 is 0 Å². The lowest BCUT2D eigenvalue weighted by atomic mass is 9.89. The van der Waals surface area contributed by atoms with Crippen LogP contribution in [0.25, 0.3) is 0 Å². The summed E-state index contributed by atoms with van der Waals surface area (Å²) in [6.07, 6.45) is 2.37. The lowest BCUT2D eigenvalue weighted by Crippen LogP contribution is -2.06. The maximum Gasteiger partial charge on any atom is 0.0154 e. The highest BCUT2D eigenvalue weighted by molar-refractivity contribution is 7.99. The van der Waals surface area contributed by atoms with Gasteiger partial charge in [-0.05, 0) is 55.4 Å². The van der Waals surface area contributed by atoms with Gasteiger partial charge in [0.1, 0.15) is 0 Å². The minimum Gasteiger partial charge on any atom is -0.0895 e. The van der Waals surface area contributed by atoms with Crippen LogP contribution in [0.4, 0.5) is 0 Å².